The van der Waals surface area contributed by atoms with E-state index in [1.165, 1.54) is 47.7 Å². The van der Waals surface area contributed by atoms with E-state index in [2.05, 4.69) is 60.4 Å². The van der Waals surface area contributed by atoms with E-state index in [-0.39, 0.29) is 5.60 Å². The largest absolute Gasteiger partial charge is 0.467 e. The van der Waals surface area contributed by atoms with Gasteiger partial charge in [0.05, 0.1) is 20.2 Å². The second-order valence-electron chi connectivity index (χ2n) is 9.39. The molecule has 1 aromatic heterocycles. The van der Waals surface area contributed by atoms with Gasteiger partial charge in [-0.2, -0.15) is 0 Å². The molecule has 0 radical (unpaired) electrons. The molecule has 1 atom stereocenters. The number of aryl methyl sites for hydroxylation is 1. The highest BCUT2D eigenvalue weighted by Crippen LogP contribution is 2.42. The van der Waals surface area contributed by atoms with Crippen LogP contribution in [0.3, 0.4) is 0 Å². The van der Waals surface area contributed by atoms with E-state index in [1.807, 2.05) is 0 Å². The Labute approximate surface area is 156 Å². The van der Waals surface area contributed by atoms with E-state index in [4.69, 9.17) is 9.73 Å². The van der Waals surface area contributed by atoms with Crippen molar-refractivity contribution in [1.82, 2.24) is 9.47 Å². The number of para-hydroxylation sites is 1. The van der Waals surface area contributed by atoms with Crippen LogP contribution in [0.5, 0.6) is 0 Å². The van der Waals surface area contributed by atoms with Gasteiger partial charge in [-0.25, -0.2) is 4.99 Å². The zero-order chi connectivity index (χ0) is 18.1. The van der Waals surface area contributed by atoms with Gasteiger partial charge < -0.3 is 9.30 Å². The molecule has 1 unspecified atom stereocenters. The first kappa shape index (κ1) is 16.6. The molecule has 138 valence electrons. The number of benzene rings is 1. The van der Waals surface area contributed by atoms with E-state index in [1.54, 1.807) is 0 Å². The maximum absolute atomic E-state index is 6.78. The average molecular weight is 368 g/mol. The van der Waals surface area contributed by atoms with Gasteiger partial charge in [0, 0.05) is 35.7 Å². The highest BCUT2D eigenvalue weighted by atomic mass is 28.3. The predicted octanol–water partition coefficient (Wildman–Crippen LogP) is 2.96. The van der Waals surface area contributed by atoms with Crippen LogP contribution >= 0.6 is 0 Å². The predicted molar refractivity (Wildman–Crippen MR) is 110 cm³/mol. The molecule has 0 aliphatic carbocycles. The monoisotopic (exact) mass is 367 g/mol. The molecule has 2 aromatic rings. The Balaban J connectivity index is 1.62. The van der Waals surface area contributed by atoms with Gasteiger partial charge >= 0.3 is 0 Å². The summed E-state index contributed by atoms with van der Waals surface area (Å²) in [5.74, 6) is 1.58. The Morgan fingerprint density at radius 1 is 1.15 bits per heavy atom. The number of aromatic nitrogens is 1. The molecule has 5 heterocycles. The molecule has 4 nitrogen and oxygen atoms in total. The van der Waals surface area contributed by atoms with Crippen molar-refractivity contribution in [2.45, 2.75) is 38.1 Å². The van der Waals surface area contributed by atoms with Gasteiger partial charge in [0.2, 0.25) is 5.90 Å². The van der Waals surface area contributed by atoms with Crippen LogP contribution in [-0.2, 0) is 11.8 Å². The first-order valence-corrected chi connectivity index (χ1v) is 13.4. The quantitative estimate of drug-likeness (QED) is 0.764. The number of rotatable bonds is 2. The van der Waals surface area contributed by atoms with Crippen LogP contribution in [0.25, 0.3) is 10.9 Å². The summed E-state index contributed by atoms with van der Waals surface area (Å²) >= 11 is 0. The van der Waals surface area contributed by atoms with Gasteiger partial charge in [-0.15, -0.1) is 0 Å². The van der Waals surface area contributed by atoms with E-state index >= 15 is 0 Å². The maximum atomic E-state index is 6.78. The van der Waals surface area contributed by atoms with Gasteiger partial charge in [-0.1, -0.05) is 37.8 Å². The smallest absolute Gasteiger partial charge is 0.218 e. The minimum atomic E-state index is -1.56. The number of hydrogen-bond donors (Lipinski definition) is 0. The summed E-state index contributed by atoms with van der Waals surface area (Å²) in [4.78, 5) is 7.59. The van der Waals surface area contributed by atoms with Crippen LogP contribution in [0.1, 0.15) is 18.4 Å². The molecule has 2 bridgehead atoms. The minimum absolute atomic E-state index is 0.0700. The van der Waals surface area contributed by atoms with Crippen molar-refractivity contribution < 1.29 is 4.74 Å². The molecule has 26 heavy (non-hydrogen) atoms. The Morgan fingerprint density at radius 2 is 1.88 bits per heavy atom. The summed E-state index contributed by atoms with van der Waals surface area (Å²) in [7, 11) is 0.648. The molecule has 3 saturated heterocycles. The van der Waals surface area contributed by atoms with E-state index in [0.29, 0.717) is 5.92 Å². The molecule has 0 saturated carbocycles. The fraction of sp³-hybridized carbons (Fsp3) is 0.571. The zero-order valence-electron chi connectivity index (χ0n) is 16.4. The summed E-state index contributed by atoms with van der Waals surface area (Å²) in [6.07, 6.45) is 2.53. The number of nitrogens with zero attached hydrogens (tertiary/aromatic N) is 3. The van der Waals surface area contributed by atoms with Crippen LogP contribution in [0.15, 0.2) is 29.3 Å². The normalized spacial score (nSPS) is 30.8. The third kappa shape index (κ3) is 2.26. The van der Waals surface area contributed by atoms with Gasteiger partial charge in [-0.3, -0.25) is 4.90 Å². The summed E-state index contributed by atoms with van der Waals surface area (Å²) in [5.41, 5.74) is 2.50. The summed E-state index contributed by atoms with van der Waals surface area (Å²) in [6, 6.07) is 8.73. The lowest BCUT2D eigenvalue weighted by Gasteiger charge is -2.50. The second-order valence-corrected chi connectivity index (χ2v) is 14.4. The minimum Gasteiger partial charge on any atom is -0.467 e. The Bertz CT molecular complexity index is 902. The standard InChI is InChI=1S/C21H29N3OSi/c1-23-17-8-6-5-7-16(17)18(20(23)26(2,3)4)19-22-13-21(25-19)14-24-11-9-15(21)10-12-24/h5-8,15H,9-14H2,1-4H3. The van der Waals surface area contributed by atoms with Crippen molar-refractivity contribution in [2.24, 2.45) is 18.0 Å². The summed E-state index contributed by atoms with van der Waals surface area (Å²) in [6.45, 7) is 11.6. The van der Waals surface area contributed by atoms with Gasteiger partial charge in [0.25, 0.3) is 0 Å². The fourth-order valence-corrected chi connectivity index (χ4v) is 7.62. The Morgan fingerprint density at radius 3 is 2.54 bits per heavy atom. The van der Waals surface area contributed by atoms with Crippen LogP contribution < -0.4 is 5.32 Å². The van der Waals surface area contributed by atoms with Crippen molar-refractivity contribution in [1.29, 1.82) is 0 Å². The third-order valence-corrected chi connectivity index (χ3v) is 8.65. The zero-order valence-corrected chi connectivity index (χ0v) is 17.4. The van der Waals surface area contributed by atoms with Crippen LogP contribution in [-0.4, -0.2) is 55.2 Å². The highest BCUT2D eigenvalue weighted by molar-refractivity contribution is 6.89. The number of aliphatic imine (C=N–C) groups is 1. The first-order valence-electron chi connectivity index (χ1n) is 9.93. The molecule has 0 amide bonds. The van der Waals surface area contributed by atoms with Gasteiger partial charge in [-0.05, 0) is 32.0 Å². The third-order valence-electron chi connectivity index (χ3n) is 6.64. The van der Waals surface area contributed by atoms with Crippen LogP contribution in [0.2, 0.25) is 19.6 Å². The molecule has 1 spiro atoms. The van der Waals surface area contributed by atoms with Gasteiger partial charge in [0.1, 0.15) is 5.60 Å². The van der Waals surface area contributed by atoms with E-state index in [0.717, 1.165) is 19.0 Å². The topological polar surface area (TPSA) is 29.8 Å². The fourth-order valence-electron chi connectivity index (χ4n) is 5.50. The Hall–Kier alpha value is -1.59. The Kier molecular flexibility index (Phi) is 3.48. The molecule has 5 heteroatoms. The van der Waals surface area contributed by atoms with Crippen LogP contribution in [0, 0.1) is 5.92 Å². The summed E-state index contributed by atoms with van der Waals surface area (Å²) in [5, 5.41) is 2.75. The van der Waals surface area contributed by atoms with Crippen molar-refractivity contribution in [3.8, 4) is 0 Å². The molecular weight excluding hydrogens is 338 g/mol. The number of ether oxygens (including phenoxy) is 1. The van der Waals surface area contributed by atoms with E-state index in [9.17, 15) is 0 Å². The molecular formula is C21H29N3OSi. The summed E-state index contributed by atoms with van der Waals surface area (Å²) < 4.78 is 9.18. The van der Waals surface area contributed by atoms with Gasteiger partial charge in [0.15, 0.2) is 0 Å². The SMILES string of the molecule is Cn1c([Si](C)(C)C)c(C2=NCC3(CN4CCC3CC4)O2)c2ccccc21. The molecule has 1 aromatic carbocycles. The van der Waals surface area contributed by atoms with Crippen molar-refractivity contribution in [2.75, 3.05) is 26.2 Å². The van der Waals surface area contributed by atoms with Crippen molar-refractivity contribution in [3.63, 3.8) is 0 Å². The first-order chi connectivity index (χ1) is 12.4. The number of piperidine rings is 3. The molecule has 6 rings (SSSR count). The molecule has 4 aliphatic rings. The van der Waals surface area contributed by atoms with Crippen molar-refractivity contribution >= 4 is 30.2 Å². The lowest BCUT2D eigenvalue weighted by molar-refractivity contribution is -0.0825. The van der Waals surface area contributed by atoms with E-state index < -0.39 is 8.07 Å². The molecule has 3 fully saturated rings. The lowest BCUT2D eigenvalue weighted by Crippen LogP contribution is -2.61. The average Bonchev–Trinajstić information content (AvgIpc) is 3.15. The number of hydrogen-bond acceptors (Lipinski definition) is 3. The second kappa shape index (κ2) is 5.46. The maximum Gasteiger partial charge on any atom is 0.218 e. The highest BCUT2D eigenvalue weighted by Gasteiger charge is 2.52. The molecule has 0 N–H and O–H groups in total. The molecule has 4 aliphatic heterocycles. The number of fused-ring (bicyclic) bond motifs is 3. The lowest BCUT2D eigenvalue weighted by atomic mass is 9.75. The van der Waals surface area contributed by atoms with Crippen molar-refractivity contribution in [3.05, 3.63) is 29.8 Å². The van der Waals surface area contributed by atoms with Crippen LogP contribution in [0.4, 0.5) is 0 Å².